The molecule has 224 valence electrons. The van der Waals surface area contributed by atoms with Crippen LogP contribution in [0.25, 0.3) is 10.9 Å². The Morgan fingerprint density at radius 3 is 2.35 bits per heavy atom. The molecule has 0 aliphatic carbocycles. The molecule has 2 aliphatic rings. The van der Waals surface area contributed by atoms with Crippen molar-refractivity contribution in [3.05, 3.63) is 107 Å². The first-order valence-corrected chi connectivity index (χ1v) is 15.2. The van der Waals surface area contributed by atoms with Gasteiger partial charge in [-0.3, -0.25) is 19.4 Å². The van der Waals surface area contributed by atoms with Crippen molar-refractivity contribution in [3.63, 3.8) is 0 Å². The van der Waals surface area contributed by atoms with Crippen molar-refractivity contribution in [2.45, 2.75) is 18.5 Å². The molecule has 6 rings (SSSR count). The average molecular weight is 580 g/mol. The molecule has 0 saturated carbocycles. The third-order valence-corrected chi connectivity index (χ3v) is 8.95. The van der Waals surface area contributed by atoms with Crippen molar-refractivity contribution in [2.75, 3.05) is 59.5 Å². The van der Waals surface area contributed by atoms with Crippen molar-refractivity contribution >= 4 is 22.7 Å². The van der Waals surface area contributed by atoms with Crippen LogP contribution in [0.5, 0.6) is 0 Å². The van der Waals surface area contributed by atoms with Gasteiger partial charge in [0.1, 0.15) is 0 Å². The summed E-state index contributed by atoms with van der Waals surface area (Å²) in [6.07, 6.45) is 2.07. The molecule has 3 aromatic carbocycles. The molecule has 0 spiro atoms. The molecule has 1 saturated heterocycles. The number of carbonyl (C=O) groups is 2. The fourth-order valence-corrected chi connectivity index (χ4v) is 6.72. The number of amides is 2. The zero-order valence-electron chi connectivity index (χ0n) is 25.1. The van der Waals surface area contributed by atoms with Crippen LogP contribution in [0, 0.1) is 0 Å². The molecular formula is C35H41N5O3. The first kappa shape index (κ1) is 29.1. The van der Waals surface area contributed by atoms with Gasteiger partial charge < -0.3 is 19.5 Å². The zero-order valence-corrected chi connectivity index (χ0v) is 25.1. The predicted molar refractivity (Wildman–Crippen MR) is 169 cm³/mol. The van der Waals surface area contributed by atoms with E-state index in [9.17, 15) is 9.59 Å². The molecule has 2 amide bonds. The molecule has 1 N–H and O–H groups in total. The molecule has 2 atom stereocenters. The van der Waals surface area contributed by atoms with Crippen molar-refractivity contribution in [1.82, 2.24) is 24.6 Å². The fourth-order valence-electron chi connectivity index (χ4n) is 6.72. The van der Waals surface area contributed by atoms with Gasteiger partial charge >= 0.3 is 0 Å². The lowest BCUT2D eigenvalue weighted by Crippen LogP contribution is -2.50. The van der Waals surface area contributed by atoms with Crippen LogP contribution in [0.2, 0.25) is 0 Å². The van der Waals surface area contributed by atoms with Crippen LogP contribution in [0.15, 0.2) is 85.1 Å². The second kappa shape index (κ2) is 13.1. The second-order valence-electron chi connectivity index (χ2n) is 11.6. The van der Waals surface area contributed by atoms with Crippen LogP contribution in [-0.4, -0.2) is 90.6 Å². The van der Waals surface area contributed by atoms with Crippen LogP contribution in [0.3, 0.4) is 0 Å². The smallest absolute Gasteiger partial charge is 0.254 e. The van der Waals surface area contributed by atoms with Gasteiger partial charge in [0.05, 0.1) is 18.6 Å². The highest BCUT2D eigenvalue weighted by Gasteiger charge is 2.44. The Balaban J connectivity index is 1.20. The Morgan fingerprint density at radius 2 is 1.56 bits per heavy atom. The Morgan fingerprint density at radius 1 is 0.860 bits per heavy atom. The van der Waals surface area contributed by atoms with Gasteiger partial charge in [0.15, 0.2) is 0 Å². The monoisotopic (exact) mass is 579 g/mol. The summed E-state index contributed by atoms with van der Waals surface area (Å²) in [5.41, 5.74) is 4.76. The van der Waals surface area contributed by atoms with Gasteiger partial charge in [0.2, 0.25) is 5.91 Å². The first-order chi connectivity index (χ1) is 21.0. The van der Waals surface area contributed by atoms with E-state index in [4.69, 9.17) is 4.74 Å². The molecule has 2 aliphatic heterocycles. The van der Waals surface area contributed by atoms with Gasteiger partial charge in [-0.1, -0.05) is 66.7 Å². The Hall–Kier alpha value is -3.98. The van der Waals surface area contributed by atoms with E-state index in [0.717, 1.165) is 61.3 Å². The number of nitrogens with one attached hydrogen (secondary N) is 1. The van der Waals surface area contributed by atoms with Crippen LogP contribution < -0.4 is 5.32 Å². The summed E-state index contributed by atoms with van der Waals surface area (Å²) in [7, 11) is 3.65. The minimum Gasteiger partial charge on any atom is -0.383 e. The number of aromatic nitrogens is 1. The third-order valence-electron chi connectivity index (χ3n) is 8.95. The lowest BCUT2D eigenvalue weighted by Gasteiger charge is -2.41. The van der Waals surface area contributed by atoms with Crippen molar-refractivity contribution in [1.29, 1.82) is 0 Å². The number of rotatable bonds is 10. The lowest BCUT2D eigenvalue weighted by atomic mass is 9.79. The zero-order chi connectivity index (χ0) is 29.8. The maximum Gasteiger partial charge on any atom is 0.254 e. The molecule has 1 aromatic heterocycles. The van der Waals surface area contributed by atoms with Gasteiger partial charge in [-0.25, -0.2) is 0 Å². The number of aryl methyl sites for hydroxylation is 1. The molecule has 43 heavy (non-hydrogen) atoms. The third kappa shape index (κ3) is 6.09. The fraction of sp³-hybridized carbons (Fsp3) is 0.371. The minimum atomic E-state index is -0.542. The summed E-state index contributed by atoms with van der Waals surface area (Å²) < 4.78 is 7.50. The van der Waals surface area contributed by atoms with Crippen molar-refractivity contribution < 1.29 is 14.3 Å². The first-order valence-electron chi connectivity index (χ1n) is 15.2. The summed E-state index contributed by atoms with van der Waals surface area (Å²) in [4.78, 5) is 34.8. The van der Waals surface area contributed by atoms with E-state index >= 15 is 0 Å². The summed E-state index contributed by atoms with van der Waals surface area (Å²) in [6, 6.07) is 25.9. The van der Waals surface area contributed by atoms with Crippen LogP contribution in [0.1, 0.15) is 39.0 Å². The summed E-state index contributed by atoms with van der Waals surface area (Å²) in [6.45, 7) is 7.10. The molecule has 4 aromatic rings. The van der Waals surface area contributed by atoms with E-state index in [1.54, 1.807) is 7.11 Å². The minimum absolute atomic E-state index is 0.0528. The van der Waals surface area contributed by atoms with Gasteiger partial charge in [-0.05, 0) is 23.3 Å². The number of carbonyl (C=O) groups excluding carboxylic acids is 2. The van der Waals surface area contributed by atoms with E-state index in [-0.39, 0.29) is 11.8 Å². The van der Waals surface area contributed by atoms with Crippen molar-refractivity contribution in [3.8, 4) is 0 Å². The maximum absolute atomic E-state index is 14.2. The molecule has 1 fully saturated rings. The van der Waals surface area contributed by atoms with Crippen LogP contribution in [-0.2, 0) is 23.1 Å². The molecule has 0 bridgehead atoms. The van der Waals surface area contributed by atoms with Gasteiger partial charge in [-0.15, -0.1) is 0 Å². The van der Waals surface area contributed by atoms with E-state index in [1.165, 1.54) is 5.56 Å². The number of benzene rings is 3. The van der Waals surface area contributed by atoms with Crippen LogP contribution in [0.4, 0.5) is 0 Å². The highest BCUT2D eigenvalue weighted by molar-refractivity contribution is 6.02. The molecule has 0 radical (unpaired) electrons. The van der Waals surface area contributed by atoms with E-state index in [2.05, 4.69) is 68.3 Å². The summed E-state index contributed by atoms with van der Waals surface area (Å²) in [5.74, 6) is -0.662. The standard InChI is InChI=1S/C35H41N5O3/c1-37-25-30(27-12-8-9-15-31(27)37)33-32(28-13-6-7-14-29(28)35(42)40(33)22-23-43-2)34(41)36-16-17-38-18-20-39(21-19-38)24-26-10-4-3-5-11-26/h3-15,25,32-33H,16-24H2,1-2H3,(H,36,41). The molecule has 2 unspecified atom stereocenters. The molecular weight excluding hydrogens is 538 g/mol. The van der Waals surface area contributed by atoms with Gasteiger partial charge in [0.25, 0.3) is 5.91 Å². The Labute approximate surface area is 253 Å². The largest absolute Gasteiger partial charge is 0.383 e. The molecule has 8 heteroatoms. The topological polar surface area (TPSA) is 70.1 Å². The van der Waals surface area contributed by atoms with Crippen molar-refractivity contribution in [2.24, 2.45) is 7.05 Å². The Bertz CT molecular complexity index is 1560. The summed E-state index contributed by atoms with van der Waals surface area (Å²) in [5, 5.41) is 4.32. The molecule has 3 heterocycles. The number of hydrogen-bond acceptors (Lipinski definition) is 5. The lowest BCUT2D eigenvalue weighted by molar-refractivity contribution is -0.124. The van der Waals surface area contributed by atoms with Gasteiger partial charge in [-0.2, -0.15) is 0 Å². The SMILES string of the molecule is COCCN1C(=O)c2ccccc2C(C(=O)NCCN2CCN(Cc3ccccc3)CC2)C1c1cn(C)c2ccccc12. The highest BCUT2D eigenvalue weighted by Crippen LogP contribution is 2.45. The summed E-state index contributed by atoms with van der Waals surface area (Å²) >= 11 is 0. The Kier molecular flexibility index (Phi) is 8.88. The van der Waals surface area contributed by atoms with E-state index < -0.39 is 12.0 Å². The quantitative estimate of drug-likeness (QED) is 0.307. The number of hydrogen-bond donors (Lipinski definition) is 1. The number of ether oxygens (including phenoxy) is 1. The normalized spacial score (nSPS) is 19.5. The predicted octanol–water partition coefficient (Wildman–Crippen LogP) is 4.04. The van der Waals surface area contributed by atoms with E-state index in [0.29, 0.717) is 25.3 Å². The molecule has 8 nitrogen and oxygen atoms in total. The number of methoxy groups -OCH3 is 1. The second-order valence-corrected chi connectivity index (χ2v) is 11.6. The number of piperazine rings is 1. The number of para-hydroxylation sites is 1. The van der Waals surface area contributed by atoms with E-state index in [1.807, 2.05) is 48.3 Å². The van der Waals surface area contributed by atoms with Gasteiger partial charge in [0, 0.05) is 94.7 Å². The average Bonchev–Trinajstić information content (AvgIpc) is 3.37. The number of nitrogens with zero attached hydrogens (tertiary/aromatic N) is 4. The highest BCUT2D eigenvalue weighted by atomic mass is 16.5. The maximum atomic E-state index is 14.2. The van der Waals surface area contributed by atoms with Crippen LogP contribution >= 0.6 is 0 Å². The number of fused-ring (bicyclic) bond motifs is 2.